The SMILES string of the molecule is Cc1cccnc1-n1c(C)cc(C2C(c3ccccn3)NC(=S)N2c2ccc(Br)cc2)c1C. The Kier molecular flexibility index (Phi) is 5.76. The molecular formula is C26H24BrN5S. The Morgan fingerprint density at radius 1 is 0.939 bits per heavy atom. The Morgan fingerprint density at radius 2 is 1.70 bits per heavy atom. The minimum atomic E-state index is -0.0823. The number of hydrogen-bond donors (Lipinski definition) is 1. The van der Waals surface area contributed by atoms with Crippen molar-refractivity contribution in [2.24, 2.45) is 0 Å². The van der Waals surface area contributed by atoms with Gasteiger partial charge in [-0.1, -0.05) is 28.1 Å². The van der Waals surface area contributed by atoms with E-state index in [0.717, 1.165) is 38.6 Å². The Bertz CT molecular complexity index is 1320. The van der Waals surface area contributed by atoms with Crippen LogP contribution in [-0.2, 0) is 0 Å². The molecule has 1 N–H and O–H groups in total. The molecule has 7 heteroatoms. The molecule has 33 heavy (non-hydrogen) atoms. The fourth-order valence-electron chi connectivity index (χ4n) is 4.68. The first-order chi connectivity index (χ1) is 16.0. The van der Waals surface area contributed by atoms with Crippen molar-refractivity contribution in [3.63, 3.8) is 0 Å². The van der Waals surface area contributed by atoms with Crippen LogP contribution >= 0.6 is 28.1 Å². The van der Waals surface area contributed by atoms with Gasteiger partial charge in [0.15, 0.2) is 5.11 Å². The third-order valence-electron chi connectivity index (χ3n) is 6.19. The van der Waals surface area contributed by atoms with Crippen molar-refractivity contribution < 1.29 is 0 Å². The summed E-state index contributed by atoms with van der Waals surface area (Å²) in [5.41, 5.74) is 6.62. The molecule has 3 aromatic heterocycles. The van der Waals surface area contributed by atoms with E-state index in [9.17, 15) is 0 Å². The van der Waals surface area contributed by atoms with E-state index >= 15 is 0 Å². The zero-order valence-corrected chi connectivity index (χ0v) is 21.1. The molecule has 2 unspecified atom stereocenters. The van der Waals surface area contributed by atoms with E-state index in [0.29, 0.717) is 5.11 Å². The summed E-state index contributed by atoms with van der Waals surface area (Å²) >= 11 is 9.41. The molecule has 0 bridgehead atoms. The number of hydrogen-bond acceptors (Lipinski definition) is 3. The lowest BCUT2D eigenvalue weighted by molar-refractivity contribution is 0.565. The summed E-state index contributed by atoms with van der Waals surface area (Å²) in [6.45, 7) is 6.39. The molecule has 0 spiro atoms. The average molecular weight is 518 g/mol. The van der Waals surface area contributed by atoms with Crippen LogP contribution in [0, 0.1) is 20.8 Å². The first-order valence-electron chi connectivity index (χ1n) is 10.8. The maximum absolute atomic E-state index is 5.86. The molecule has 0 aliphatic carbocycles. The van der Waals surface area contributed by atoms with E-state index in [-0.39, 0.29) is 12.1 Å². The molecule has 166 valence electrons. The van der Waals surface area contributed by atoms with Gasteiger partial charge in [-0.15, -0.1) is 0 Å². The van der Waals surface area contributed by atoms with Crippen LogP contribution in [0.5, 0.6) is 0 Å². The van der Waals surface area contributed by atoms with Gasteiger partial charge in [0.1, 0.15) is 5.82 Å². The van der Waals surface area contributed by atoms with Crippen LogP contribution in [0.3, 0.4) is 0 Å². The molecule has 4 aromatic rings. The van der Waals surface area contributed by atoms with E-state index in [2.05, 4.69) is 91.8 Å². The molecule has 1 saturated heterocycles. The predicted molar refractivity (Wildman–Crippen MR) is 140 cm³/mol. The molecule has 2 atom stereocenters. The lowest BCUT2D eigenvalue weighted by Crippen LogP contribution is -2.29. The molecule has 4 heterocycles. The number of aryl methyl sites for hydroxylation is 2. The van der Waals surface area contributed by atoms with Crippen LogP contribution in [0.15, 0.2) is 77.5 Å². The average Bonchev–Trinajstić information content (AvgIpc) is 3.31. The second kappa shape index (κ2) is 8.72. The molecule has 1 fully saturated rings. The molecule has 5 rings (SSSR count). The highest BCUT2D eigenvalue weighted by atomic mass is 79.9. The highest BCUT2D eigenvalue weighted by Crippen LogP contribution is 2.43. The maximum Gasteiger partial charge on any atom is 0.174 e. The Labute approximate surface area is 207 Å². The zero-order valence-electron chi connectivity index (χ0n) is 18.7. The summed E-state index contributed by atoms with van der Waals surface area (Å²) in [6, 6.07) is 20.5. The van der Waals surface area contributed by atoms with Crippen LogP contribution in [0.4, 0.5) is 5.69 Å². The van der Waals surface area contributed by atoms with Gasteiger partial charge < -0.3 is 14.8 Å². The van der Waals surface area contributed by atoms with E-state index < -0.39 is 0 Å². The number of halogens is 1. The van der Waals surface area contributed by atoms with Crippen molar-refractivity contribution in [2.75, 3.05) is 4.90 Å². The smallest absolute Gasteiger partial charge is 0.174 e. The minimum absolute atomic E-state index is 0.0578. The fourth-order valence-corrected chi connectivity index (χ4v) is 5.29. The molecular weight excluding hydrogens is 494 g/mol. The summed E-state index contributed by atoms with van der Waals surface area (Å²) in [4.78, 5) is 11.6. The van der Waals surface area contributed by atoms with Gasteiger partial charge in [-0.25, -0.2) is 4.98 Å². The van der Waals surface area contributed by atoms with Crippen molar-refractivity contribution in [1.82, 2.24) is 19.9 Å². The normalized spacial score (nSPS) is 17.9. The Hall–Kier alpha value is -3.03. The van der Waals surface area contributed by atoms with Gasteiger partial charge in [0, 0.05) is 33.9 Å². The number of aromatic nitrogens is 3. The summed E-state index contributed by atoms with van der Waals surface area (Å²) in [6.07, 6.45) is 3.68. The summed E-state index contributed by atoms with van der Waals surface area (Å²) in [5.74, 6) is 0.955. The number of anilines is 1. The van der Waals surface area contributed by atoms with Crippen LogP contribution in [0.1, 0.15) is 40.3 Å². The number of rotatable bonds is 4. The molecule has 0 radical (unpaired) electrons. The number of nitrogens with zero attached hydrogens (tertiary/aromatic N) is 4. The number of benzene rings is 1. The second-order valence-corrected chi connectivity index (χ2v) is 9.58. The number of thiocarbonyl (C=S) groups is 1. The van der Waals surface area contributed by atoms with Crippen molar-refractivity contribution in [3.8, 4) is 5.82 Å². The fraction of sp³-hybridized carbons (Fsp3) is 0.192. The third kappa shape index (κ3) is 3.85. The lowest BCUT2D eigenvalue weighted by atomic mass is 9.96. The van der Waals surface area contributed by atoms with Crippen molar-refractivity contribution in [3.05, 3.63) is 106 Å². The summed E-state index contributed by atoms with van der Waals surface area (Å²) in [7, 11) is 0. The molecule has 1 aromatic carbocycles. The molecule has 5 nitrogen and oxygen atoms in total. The van der Waals surface area contributed by atoms with E-state index in [1.165, 1.54) is 5.56 Å². The summed E-state index contributed by atoms with van der Waals surface area (Å²) in [5, 5.41) is 4.24. The van der Waals surface area contributed by atoms with Gasteiger partial charge in [-0.3, -0.25) is 4.98 Å². The zero-order chi connectivity index (χ0) is 23.1. The largest absolute Gasteiger partial charge is 0.351 e. The van der Waals surface area contributed by atoms with Crippen molar-refractivity contribution in [2.45, 2.75) is 32.9 Å². The number of nitrogens with one attached hydrogen (secondary N) is 1. The van der Waals surface area contributed by atoms with Gasteiger partial charge in [-0.05, 0) is 92.6 Å². The van der Waals surface area contributed by atoms with Gasteiger partial charge in [0.05, 0.1) is 17.8 Å². The number of pyridine rings is 2. The first-order valence-corrected chi connectivity index (χ1v) is 12.0. The molecule has 1 aliphatic heterocycles. The van der Waals surface area contributed by atoms with Gasteiger partial charge in [0.2, 0.25) is 0 Å². The monoisotopic (exact) mass is 517 g/mol. The minimum Gasteiger partial charge on any atom is -0.351 e. The van der Waals surface area contributed by atoms with Crippen molar-refractivity contribution in [1.29, 1.82) is 0 Å². The van der Waals surface area contributed by atoms with Crippen LogP contribution in [-0.4, -0.2) is 19.6 Å². The van der Waals surface area contributed by atoms with Crippen LogP contribution < -0.4 is 10.2 Å². The Balaban J connectivity index is 1.69. The topological polar surface area (TPSA) is 46.0 Å². The standard InChI is InChI=1S/C26H24BrN5S/c1-16-7-6-14-29-25(16)31-17(2)15-21(18(31)3)24-23(22-8-4-5-13-28-22)30-26(33)32(24)20-11-9-19(27)10-12-20/h4-15,23-24H,1-3H3,(H,30,33). The quantitative estimate of drug-likeness (QED) is 0.329. The molecule has 0 amide bonds. The lowest BCUT2D eigenvalue weighted by Gasteiger charge is -2.28. The van der Waals surface area contributed by atoms with Crippen LogP contribution in [0.25, 0.3) is 5.82 Å². The van der Waals surface area contributed by atoms with Gasteiger partial charge in [-0.2, -0.15) is 0 Å². The summed E-state index contributed by atoms with van der Waals surface area (Å²) < 4.78 is 3.27. The Morgan fingerprint density at radius 3 is 2.39 bits per heavy atom. The second-order valence-electron chi connectivity index (χ2n) is 8.28. The molecule has 1 aliphatic rings. The molecule has 0 saturated carbocycles. The van der Waals surface area contributed by atoms with E-state index in [4.69, 9.17) is 12.2 Å². The van der Waals surface area contributed by atoms with Crippen LogP contribution in [0.2, 0.25) is 0 Å². The first kappa shape index (κ1) is 21.8. The highest BCUT2D eigenvalue weighted by Gasteiger charge is 2.42. The van der Waals surface area contributed by atoms with E-state index in [1.807, 2.05) is 42.7 Å². The third-order valence-corrected chi connectivity index (χ3v) is 7.03. The van der Waals surface area contributed by atoms with Crippen molar-refractivity contribution >= 4 is 38.9 Å². The van der Waals surface area contributed by atoms with Gasteiger partial charge in [0.25, 0.3) is 0 Å². The van der Waals surface area contributed by atoms with Gasteiger partial charge >= 0.3 is 0 Å². The highest BCUT2D eigenvalue weighted by molar-refractivity contribution is 9.10. The maximum atomic E-state index is 5.86. The van der Waals surface area contributed by atoms with E-state index in [1.54, 1.807) is 0 Å². The predicted octanol–water partition coefficient (Wildman–Crippen LogP) is 6.13.